The lowest BCUT2D eigenvalue weighted by Gasteiger charge is -2.25. The highest BCUT2D eigenvalue weighted by molar-refractivity contribution is 5.77. The summed E-state index contributed by atoms with van der Waals surface area (Å²) in [5.41, 5.74) is 3.59. The molecule has 2 rings (SSSR count). The minimum absolute atomic E-state index is 0.0547. The van der Waals surface area contributed by atoms with E-state index in [9.17, 15) is 13.9 Å². The van der Waals surface area contributed by atoms with Crippen LogP contribution in [0.4, 0.5) is 8.78 Å². The van der Waals surface area contributed by atoms with Crippen molar-refractivity contribution >= 4 is 6.21 Å². The Hall–Kier alpha value is -2.57. The van der Waals surface area contributed by atoms with Crippen molar-refractivity contribution in [1.29, 1.82) is 0 Å². The van der Waals surface area contributed by atoms with E-state index in [4.69, 9.17) is 0 Å². The number of benzene rings is 2. The van der Waals surface area contributed by atoms with Crippen LogP contribution in [0.15, 0.2) is 65.3 Å². The van der Waals surface area contributed by atoms with E-state index in [0.717, 1.165) is 31.0 Å². The molecule has 3 atom stereocenters. The summed E-state index contributed by atoms with van der Waals surface area (Å²) in [4.78, 5) is 4.02. The number of aliphatic imine (C=N–C) groups is 1. The average Bonchev–Trinajstić information content (AvgIpc) is 2.87. The van der Waals surface area contributed by atoms with Crippen molar-refractivity contribution in [2.45, 2.75) is 79.0 Å². The number of rotatable bonds is 11. The van der Waals surface area contributed by atoms with Crippen molar-refractivity contribution in [2.24, 2.45) is 4.99 Å². The molecule has 3 unspecified atom stereocenters. The van der Waals surface area contributed by atoms with Gasteiger partial charge in [0, 0.05) is 37.6 Å². The molecular weight excluding hydrogens is 444 g/mol. The maximum Gasteiger partial charge on any atom is 0.126 e. The molecule has 35 heavy (non-hydrogen) atoms. The molecule has 0 aliphatic heterocycles. The van der Waals surface area contributed by atoms with Crippen molar-refractivity contribution in [3.63, 3.8) is 0 Å². The number of aryl methyl sites for hydroxylation is 1. The van der Waals surface area contributed by atoms with Crippen molar-refractivity contribution < 1.29 is 13.9 Å². The summed E-state index contributed by atoms with van der Waals surface area (Å²) in [6.07, 6.45) is 6.46. The first-order chi connectivity index (χ1) is 16.8. The van der Waals surface area contributed by atoms with Gasteiger partial charge in [-0.05, 0) is 49.9 Å². The third kappa shape index (κ3) is 13.8. The third-order valence-electron chi connectivity index (χ3n) is 5.25. The maximum absolute atomic E-state index is 11.9. The van der Waals surface area contributed by atoms with Gasteiger partial charge < -0.3 is 15.7 Å². The Morgan fingerprint density at radius 3 is 2.17 bits per heavy atom. The van der Waals surface area contributed by atoms with Crippen LogP contribution in [-0.2, 0) is 6.42 Å². The third-order valence-corrected chi connectivity index (χ3v) is 5.25. The summed E-state index contributed by atoms with van der Waals surface area (Å²) in [6, 6.07) is 13.5. The molecule has 2 aromatic rings. The quantitative estimate of drug-likeness (QED) is 0.311. The Balaban J connectivity index is 0.000000961. The molecule has 0 aliphatic carbocycles. The van der Waals surface area contributed by atoms with E-state index < -0.39 is 17.7 Å². The van der Waals surface area contributed by atoms with Gasteiger partial charge in [-0.25, -0.2) is 8.78 Å². The number of hydrogen-bond donors (Lipinski definition) is 3. The fourth-order valence-electron chi connectivity index (χ4n) is 3.30. The first kappa shape index (κ1) is 32.4. The summed E-state index contributed by atoms with van der Waals surface area (Å²) in [6.45, 7) is 12.9. The van der Waals surface area contributed by atoms with Crippen molar-refractivity contribution in [3.05, 3.63) is 83.1 Å². The van der Waals surface area contributed by atoms with Crippen LogP contribution in [0.5, 0.6) is 0 Å². The maximum atomic E-state index is 11.9. The first-order valence-electron chi connectivity index (χ1n) is 12.6. The highest BCUT2D eigenvalue weighted by Crippen LogP contribution is 2.20. The molecule has 4 nitrogen and oxygen atoms in total. The van der Waals surface area contributed by atoms with Gasteiger partial charge in [0.25, 0.3) is 0 Å². The molecule has 0 saturated heterocycles. The summed E-state index contributed by atoms with van der Waals surface area (Å²) in [5, 5.41) is 17.4. The molecular formula is C29H45F2N3O. The molecule has 0 amide bonds. The second kappa shape index (κ2) is 19.7. The van der Waals surface area contributed by atoms with Gasteiger partial charge in [0.2, 0.25) is 0 Å². The number of hydrogen-bond acceptors (Lipinski definition) is 4. The molecule has 0 radical (unpaired) electrons. The van der Waals surface area contributed by atoms with Crippen molar-refractivity contribution in [1.82, 2.24) is 10.6 Å². The van der Waals surface area contributed by atoms with E-state index in [2.05, 4.69) is 53.7 Å². The zero-order valence-corrected chi connectivity index (χ0v) is 22.5. The molecule has 0 heterocycles. The minimum Gasteiger partial charge on any atom is -0.390 e. The Morgan fingerprint density at radius 2 is 1.69 bits per heavy atom. The van der Waals surface area contributed by atoms with E-state index in [-0.39, 0.29) is 12.1 Å². The van der Waals surface area contributed by atoms with Gasteiger partial charge in [0.1, 0.15) is 11.6 Å². The number of halogens is 2. The molecule has 2 aromatic carbocycles. The zero-order valence-electron chi connectivity index (χ0n) is 22.5. The van der Waals surface area contributed by atoms with Gasteiger partial charge in [-0.15, -0.1) is 0 Å². The molecule has 196 valence electrons. The molecule has 3 N–H and O–H groups in total. The predicted molar refractivity (Wildman–Crippen MR) is 146 cm³/mol. The van der Waals surface area contributed by atoms with Gasteiger partial charge in [-0.2, -0.15) is 0 Å². The fourth-order valence-corrected chi connectivity index (χ4v) is 3.30. The predicted octanol–water partition coefficient (Wildman–Crippen LogP) is 6.61. The molecule has 0 saturated carbocycles. The van der Waals surface area contributed by atoms with Gasteiger partial charge in [-0.1, -0.05) is 70.5 Å². The summed E-state index contributed by atoms with van der Waals surface area (Å²) < 4.78 is 23.9. The average molecular weight is 490 g/mol. The van der Waals surface area contributed by atoms with Crippen LogP contribution in [0.2, 0.25) is 0 Å². The molecule has 0 fully saturated rings. The lowest BCUT2D eigenvalue weighted by atomic mass is 9.99. The van der Waals surface area contributed by atoms with E-state index >= 15 is 0 Å². The Morgan fingerprint density at radius 1 is 1.06 bits per heavy atom. The Kier molecular flexibility index (Phi) is 18.3. The van der Waals surface area contributed by atoms with Crippen LogP contribution in [0.1, 0.15) is 71.6 Å². The van der Waals surface area contributed by atoms with Crippen LogP contribution in [-0.4, -0.2) is 37.1 Å². The van der Waals surface area contributed by atoms with Gasteiger partial charge >= 0.3 is 0 Å². The Labute approximate surface area is 211 Å². The number of allylic oxidation sites excluding steroid dienone is 2. The Bertz CT molecular complexity index is 853. The zero-order chi connectivity index (χ0) is 26.6. The fraction of sp³-hybridized carbons (Fsp3) is 0.483. The smallest absolute Gasteiger partial charge is 0.126 e. The number of aliphatic hydroxyl groups is 1. The second-order valence-electron chi connectivity index (χ2n) is 7.92. The molecule has 6 heteroatoms. The van der Waals surface area contributed by atoms with Crippen molar-refractivity contribution in [3.8, 4) is 0 Å². The minimum atomic E-state index is -0.537. The monoisotopic (exact) mass is 489 g/mol. The van der Waals surface area contributed by atoms with Crippen LogP contribution in [0.25, 0.3) is 0 Å². The molecule has 0 aromatic heterocycles. The molecule has 0 spiro atoms. The SMILES string of the molecule is C/C=C(\C=NC)NC(C)C(O)CNC(CCC)c1cccc(CC)c1.CC.Fc1cccc(F)c1. The van der Waals surface area contributed by atoms with Crippen LogP contribution < -0.4 is 10.6 Å². The highest BCUT2D eigenvalue weighted by atomic mass is 19.1. The standard InChI is InChI=1S/C21H35N3O.C6H4F2.C2H6/c1-6-10-20(18-12-9-11-17(7-2)13-18)23-15-21(25)16(4)24-19(8-3)14-22-5;7-5-2-1-3-6(8)4-5;1-2/h8-9,11-14,16,20-21,23-25H,6-7,10,15H2,1-5H3;1-4H;1-2H3/b19-8+,22-14?;;. The highest BCUT2D eigenvalue weighted by Gasteiger charge is 2.17. The number of aliphatic hydroxyl groups excluding tert-OH is 1. The largest absolute Gasteiger partial charge is 0.390 e. The topological polar surface area (TPSA) is 56.7 Å². The lowest BCUT2D eigenvalue weighted by molar-refractivity contribution is 0.133. The van der Waals surface area contributed by atoms with Gasteiger partial charge in [0.05, 0.1) is 12.1 Å². The van der Waals surface area contributed by atoms with E-state index in [1.807, 2.05) is 33.8 Å². The normalized spacial score (nSPS) is 13.7. The molecule has 0 bridgehead atoms. The van der Waals surface area contributed by atoms with E-state index in [0.29, 0.717) is 6.54 Å². The summed E-state index contributed by atoms with van der Waals surface area (Å²) in [7, 11) is 1.74. The first-order valence-corrected chi connectivity index (χ1v) is 12.6. The van der Waals surface area contributed by atoms with E-state index in [1.54, 1.807) is 13.3 Å². The van der Waals surface area contributed by atoms with Gasteiger partial charge in [-0.3, -0.25) is 4.99 Å². The van der Waals surface area contributed by atoms with Crippen LogP contribution in [0.3, 0.4) is 0 Å². The second-order valence-corrected chi connectivity index (χ2v) is 7.92. The van der Waals surface area contributed by atoms with E-state index in [1.165, 1.54) is 29.3 Å². The summed E-state index contributed by atoms with van der Waals surface area (Å²) in [5.74, 6) is -1.07. The van der Waals surface area contributed by atoms with Crippen LogP contribution in [0, 0.1) is 11.6 Å². The number of nitrogens with zero attached hydrogens (tertiary/aromatic N) is 1. The summed E-state index contributed by atoms with van der Waals surface area (Å²) >= 11 is 0. The van der Waals surface area contributed by atoms with Gasteiger partial charge in [0.15, 0.2) is 0 Å². The number of nitrogens with one attached hydrogen (secondary N) is 2. The molecule has 0 aliphatic rings. The van der Waals surface area contributed by atoms with Crippen molar-refractivity contribution in [2.75, 3.05) is 13.6 Å². The van der Waals surface area contributed by atoms with Crippen LogP contribution >= 0.6 is 0 Å². The lowest BCUT2D eigenvalue weighted by Crippen LogP contribution is -2.43.